The fourth-order valence-corrected chi connectivity index (χ4v) is 3.97. The molecule has 3 aromatic rings. The first kappa shape index (κ1) is 23.8. The Labute approximate surface area is 186 Å². The Kier molecular flexibility index (Phi) is 7.57. The van der Waals surface area contributed by atoms with Gasteiger partial charge in [-0.25, -0.2) is 4.98 Å². The lowest BCUT2D eigenvalue weighted by Gasteiger charge is -2.17. The highest BCUT2D eigenvalue weighted by molar-refractivity contribution is 8.00. The minimum Gasteiger partial charge on any atom is -0.385 e. The number of thioether (sulfide) groups is 1. The minimum atomic E-state index is -4.51. The molecule has 0 aliphatic rings. The van der Waals surface area contributed by atoms with Crippen LogP contribution < -0.4 is 10.9 Å². The Hall–Kier alpha value is -2.85. The van der Waals surface area contributed by atoms with Gasteiger partial charge in [-0.15, -0.1) is 0 Å². The maximum atomic E-state index is 13.0. The number of carbonyl (C=O) groups is 1. The summed E-state index contributed by atoms with van der Waals surface area (Å²) in [6, 6.07) is 11.4. The molecule has 1 aromatic heterocycles. The van der Waals surface area contributed by atoms with Gasteiger partial charge in [0, 0.05) is 25.9 Å². The van der Waals surface area contributed by atoms with Crippen molar-refractivity contribution in [2.75, 3.05) is 19.0 Å². The van der Waals surface area contributed by atoms with Crippen LogP contribution in [0.4, 0.5) is 18.9 Å². The van der Waals surface area contributed by atoms with E-state index in [1.54, 1.807) is 38.3 Å². The molecule has 1 unspecified atom stereocenters. The quantitative estimate of drug-likeness (QED) is 0.300. The first-order valence-electron chi connectivity index (χ1n) is 9.84. The van der Waals surface area contributed by atoms with Gasteiger partial charge in [0.2, 0.25) is 5.91 Å². The van der Waals surface area contributed by atoms with E-state index < -0.39 is 22.9 Å². The number of nitrogens with one attached hydrogen (secondary N) is 1. The molecule has 0 bridgehead atoms. The Morgan fingerprint density at radius 3 is 2.69 bits per heavy atom. The number of anilines is 1. The van der Waals surface area contributed by atoms with Gasteiger partial charge in [0.05, 0.1) is 21.7 Å². The molecule has 0 aliphatic heterocycles. The van der Waals surface area contributed by atoms with E-state index in [0.29, 0.717) is 35.6 Å². The minimum absolute atomic E-state index is 0.0428. The number of hydrogen-bond acceptors (Lipinski definition) is 5. The van der Waals surface area contributed by atoms with E-state index in [-0.39, 0.29) is 11.2 Å². The zero-order valence-electron chi connectivity index (χ0n) is 17.5. The summed E-state index contributed by atoms with van der Waals surface area (Å²) >= 11 is 1.07. The van der Waals surface area contributed by atoms with Gasteiger partial charge in [-0.2, -0.15) is 13.2 Å². The number of fused-ring (bicyclic) bond motifs is 1. The molecule has 1 atom stereocenters. The number of alkyl halides is 3. The van der Waals surface area contributed by atoms with Crippen LogP contribution in [0.3, 0.4) is 0 Å². The average molecular weight is 465 g/mol. The molecule has 1 heterocycles. The number of rotatable bonds is 8. The molecule has 0 aliphatic carbocycles. The lowest BCUT2D eigenvalue weighted by molar-refractivity contribution is -0.137. The van der Waals surface area contributed by atoms with Gasteiger partial charge in [0.25, 0.3) is 5.56 Å². The van der Waals surface area contributed by atoms with Crippen molar-refractivity contribution < 1.29 is 22.7 Å². The fraction of sp³-hybridized carbons (Fsp3) is 0.318. The van der Waals surface area contributed by atoms with Crippen molar-refractivity contribution in [1.29, 1.82) is 0 Å². The summed E-state index contributed by atoms with van der Waals surface area (Å²) in [4.78, 5) is 30.2. The molecule has 1 amide bonds. The summed E-state index contributed by atoms with van der Waals surface area (Å²) in [6.07, 6.45) is -3.93. The SMILES string of the molecule is COCCCn1c(SC(C)C(=O)Nc2cccc(C(F)(F)F)c2)nc2ccccc2c1=O. The Morgan fingerprint density at radius 2 is 1.97 bits per heavy atom. The molecule has 0 fully saturated rings. The van der Waals surface area contributed by atoms with Crippen molar-refractivity contribution in [3.05, 3.63) is 64.4 Å². The molecule has 0 spiro atoms. The normalized spacial score (nSPS) is 12.7. The lowest BCUT2D eigenvalue weighted by Crippen LogP contribution is -2.27. The standard InChI is InChI=1S/C22H22F3N3O3S/c1-14(19(29)26-16-8-5-7-15(13-16)22(23,24)25)32-21-27-18-10-4-3-9-17(18)20(30)28(21)11-6-12-31-2/h3-5,7-10,13-14H,6,11-12H2,1-2H3,(H,26,29). The van der Waals surface area contributed by atoms with Crippen LogP contribution in [0.2, 0.25) is 0 Å². The Bertz CT molecular complexity index is 1160. The predicted octanol–water partition coefficient (Wildman–Crippen LogP) is 4.57. The first-order chi connectivity index (χ1) is 15.2. The number of ether oxygens (including phenoxy) is 1. The number of nitrogens with zero attached hydrogens (tertiary/aromatic N) is 2. The second-order valence-corrected chi connectivity index (χ2v) is 8.35. The Balaban J connectivity index is 1.83. The summed E-state index contributed by atoms with van der Waals surface area (Å²) in [7, 11) is 1.57. The van der Waals surface area contributed by atoms with Crippen molar-refractivity contribution in [2.45, 2.75) is 36.5 Å². The topological polar surface area (TPSA) is 73.2 Å². The van der Waals surface area contributed by atoms with Gasteiger partial charge >= 0.3 is 6.18 Å². The van der Waals surface area contributed by atoms with Crippen LogP contribution in [0.25, 0.3) is 10.9 Å². The smallest absolute Gasteiger partial charge is 0.385 e. The van der Waals surface area contributed by atoms with Gasteiger partial charge in [-0.3, -0.25) is 14.2 Å². The number of para-hydroxylation sites is 1. The van der Waals surface area contributed by atoms with Crippen LogP contribution in [-0.2, 0) is 22.3 Å². The van der Waals surface area contributed by atoms with Gasteiger partial charge in [0.1, 0.15) is 0 Å². The summed E-state index contributed by atoms with van der Waals surface area (Å²) in [5.41, 5.74) is -0.520. The van der Waals surface area contributed by atoms with Gasteiger partial charge in [-0.1, -0.05) is 30.0 Å². The molecular formula is C22H22F3N3O3S. The highest BCUT2D eigenvalue weighted by atomic mass is 32.2. The van der Waals surface area contributed by atoms with Crippen LogP contribution in [0, 0.1) is 0 Å². The second kappa shape index (κ2) is 10.2. The maximum absolute atomic E-state index is 13.0. The third-order valence-corrected chi connectivity index (χ3v) is 5.76. The summed E-state index contributed by atoms with van der Waals surface area (Å²) < 4.78 is 45.3. The zero-order valence-corrected chi connectivity index (χ0v) is 18.3. The maximum Gasteiger partial charge on any atom is 0.416 e. The number of methoxy groups -OCH3 is 1. The van der Waals surface area contributed by atoms with E-state index in [1.165, 1.54) is 16.7 Å². The third kappa shape index (κ3) is 5.68. The van der Waals surface area contributed by atoms with Crippen LogP contribution >= 0.6 is 11.8 Å². The fourth-order valence-electron chi connectivity index (χ4n) is 3.03. The highest BCUT2D eigenvalue weighted by Crippen LogP contribution is 2.31. The molecule has 0 radical (unpaired) electrons. The van der Waals surface area contributed by atoms with Crippen LogP contribution in [0.15, 0.2) is 58.5 Å². The van der Waals surface area contributed by atoms with E-state index in [2.05, 4.69) is 10.3 Å². The van der Waals surface area contributed by atoms with Crippen LogP contribution in [0.5, 0.6) is 0 Å². The summed E-state index contributed by atoms with van der Waals surface area (Å²) in [6.45, 7) is 2.41. The number of benzene rings is 2. The molecule has 3 rings (SSSR count). The van der Waals surface area contributed by atoms with E-state index in [0.717, 1.165) is 23.9 Å². The summed E-state index contributed by atoms with van der Waals surface area (Å²) in [5.74, 6) is -0.500. The largest absolute Gasteiger partial charge is 0.416 e. The van der Waals surface area contributed by atoms with Crippen molar-refractivity contribution in [3.63, 3.8) is 0 Å². The van der Waals surface area contributed by atoms with Crippen molar-refractivity contribution in [1.82, 2.24) is 9.55 Å². The van der Waals surface area contributed by atoms with Crippen LogP contribution in [-0.4, -0.2) is 34.4 Å². The molecule has 170 valence electrons. The molecule has 0 saturated heterocycles. The molecule has 6 nitrogen and oxygen atoms in total. The Morgan fingerprint density at radius 1 is 1.22 bits per heavy atom. The van der Waals surface area contributed by atoms with Crippen LogP contribution in [0.1, 0.15) is 18.9 Å². The van der Waals surface area contributed by atoms with E-state index in [1.807, 2.05) is 0 Å². The highest BCUT2D eigenvalue weighted by Gasteiger charge is 2.30. The van der Waals surface area contributed by atoms with E-state index in [9.17, 15) is 22.8 Å². The number of carbonyl (C=O) groups excluding carboxylic acids is 1. The van der Waals surface area contributed by atoms with Crippen molar-refractivity contribution in [2.24, 2.45) is 0 Å². The molecular weight excluding hydrogens is 443 g/mol. The summed E-state index contributed by atoms with van der Waals surface area (Å²) in [5, 5.41) is 2.61. The second-order valence-electron chi connectivity index (χ2n) is 7.04. The average Bonchev–Trinajstić information content (AvgIpc) is 2.75. The monoisotopic (exact) mass is 465 g/mol. The predicted molar refractivity (Wildman–Crippen MR) is 118 cm³/mol. The molecule has 0 saturated carbocycles. The first-order valence-corrected chi connectivity index (χ1v) is 10.7. The number of aromatic nitrogens is 2. The van der Waals surface area contributed by atoms with Crippen molar-refractivity contribution >= 4 is 34.3 Å². The number of hydrogen-bond donors (Lipinski definition) is 1. The third-order valence-electron chi connectivity index (χ3n) is 4.67. The molecule has 1 N–H and O–H groups in total. The van der Waals surface area contributed by atoms with Gasteiger partial charge < -0.3 is 10.1 Å². The van der Waals surface area contributed by atoms with E-state index in [4.69, 9.17) is 4.74 Å². The lowest BCUT2D eigenvalue weighted by atomic mass is 10.2. The molecule has 10 heteroatoms. The number of amides is 1. The molecule has 2 aromatic carbocycles. The number of halogens is 3. The van der Waals surface area contributed by atoms with E-state index >= 15 is 0 Å². The zero-order chi connectivity index (χ0) is 23.3. The molecule has 32 heavy (non-hydrogen) atoms. The van der Waals surface area contributed by atoms with Gasteiger partial charge in [0.15, 0.2) is 5.16 Å². The van der Waals surface area contributed by atoms with Gasteiger partial charge in [-0.05, 0) is 43.7 Å². The van der Waals surface area contributed by atoms with Crippen molar-refractivity contribution in [3.8, 4) is 0 Å².